The quantitative estimate of drug-likeness (QED) is 0.421. The van der Waals surface area contributed by atoms with E-state index < -0.39 is 0 Å². The van der Waals surface area contributed by atoms with Gasteiger partial charge in [-0.15, -0.1) is 0 Å². The van der Waals surface area contributed by atoms with Gasteiger partial charge in [-0.1, -0.05) is 78.6 Å². The lowest BCUT2D eigenvalue weighted by atomic mass is 10.1. The Labute approximate surface area is 127 Å². The van der Waals surface area contributed by atoms with E-state index in [2.05, 4.69) is 26.1 Å². The molecule has 0 fully saturated rings. The first kappa shape index (κ1) is 19.5. The van der Waals surface area contributed by atoms with E-state index in [0.29, 0.717) is 12.3 Å². The molecule has 1 amide bonds. The van der Waals surface area contributed by atoms with E-state index in [1.165, 1.54) is 57.8 Å². The van der Waals surface area contributed by atoms with Crippen LogP contribution in [0.3, 0.4) is 0 Å². The van der Waals surface area contributed by atoms with E-state index in [1.54, 1.807) is 0 Å². The molecule has 0 aliphatic heterocycles. The van der Waals surface area contributed by atoms with Gasteiger partial charge < -0.3 is 5.32 Å². The maximum atomic E-state index is 11.5. The van der Waals surface area contributed by atoms with Gasteiger partial charge >= 0.3 is 0 Å². The number of carbonyl (C=O) groups is 1. The largest absolute Gasteiger partial charge is 0.356 e. The molecule has 0 aliphatic rings. The van der Waals surface area contributed by atoms with Gasteiger partial charge in [0.25, 0.3) is 0 Å². The lowest BCUT2D eigenvalue weighted by Gasteiger charge is -2.06. The van der Waals surface area contributed by atoms with Crippen LogP contribution < -0.4 is 5.32 Å². The van der Waals surface area contributed by atoms with Crippen LogP contribution in [0.25, 0.3) is 0 Å². The summed E-state index contributed by atoms with van der Waals surface area (Å²) in [6.07, 6.45) is 15.2. The lowest BCUT2D eigenvalue weighted by Crippen LogP contribution is -2.24. The van der Waals surface area contributed by atoms with Crippen LogP contribution >= 0.6 is 0 Å². The Kier molecular flexibility index (Phi) is 14.5. The average molecular weight is 284 g/mol. The topological polar surface area (TPSA) is 29.1 Å². The van der Waals surface area contributed by atoms with Crippen molar-refractivity contribution in [2.45, 2.75) is 97.8 Å². The number of hydrogen-bond donors (Lipinski definition) is 1. The molecule has 120 valence electrons. The third-order valence-electron chi connectivity index (χ3n) is 3.80. The third kappa shape index (κ3) is 15.5. The summed E-state index contributed by atoms with van der Waals surface area (Å²) >= 11 is 0. The highest BCUT2D eigenvalue weighted by molar-refractivity contribution is 5.75. The van der Waals surface area contributed by atoms with Crippen LogP contribution in [0, 0.1) is 5.92 Å². The molecule has 2 nitrogen and oxygen atoms in total. The Morgan fingerprint density at radius 2 is 1.35 bits per heavy atom. The Hall–Kier alpha value is -0.530. The summed E-state index contributed by atoms with van der Waals surface area (Å²) in [5.41, 5.74) is 0. The fraction of sp³-hybridized carbons (Fsp3) is 0.944. The first-order valence-corrected chi connectivity index (χ1v) is 8.93. The van der Waals surface area contributed by atoms with Crippen LogP contribution in [0.5, 0.6) is 0 Å². The standard InChI is InChI=1S/C18H37NO/c1-4-5-6-7-8-9-10-11-12-13-16-19-18(20)15-14-17(2)3/h17H,4-16H2,1-3H3,(H,19,20). The van der Waals surface area contributed by atoms with Gasteiger partial charge in [-0.3, -0.25) is 4.79 Å². The predicted molar refractivity (Wildman–Crippen MR) is 88.9 cm³/mol. The van der Waals surface area contributed by atoms with Crippen LogP contribution in [0.2, 0.25) is 0 Å². The molecule has 2 heteroatoms. The molecule has 0 aromatic carbocycles. The summed E-state index contributed by atoms with van der Waals surface area (Å²) in [4.78, 5) is 11.5. The zero-order valence-electron chi connectivity index (χ0n) is 14.2. The molecule has 0 aromatic rings. The van der Waals surface area contributed by atoms with Crippen LogP contribution in [-0.2, 0) is 4.79 Å². The zero-order chi connectivity index (χ0) is 15.1. The third-order valence-corrected chi connectivity index (χ3v) is 3.80. The summed E-state index contributed by atoms with van der Waals surface area (Å²) in [7, 11) is 0. The van der Waals surface area contributed by atoms with Crippen molar-refractivity contribution < 1.29 is 4.79 Å². The summed E-state index contributed by atoms with van der Waals surface area (Å²) < 4.78 is 0. The number of hydrogen-bond acceptors (Lipinski definition) is 1. The van der Waals surface area contributed by atoms with Gasteiger partial charge in [0.1, 0.15) is 0 Å². The molecule has 0 radical (unpaired) electrons. The Morgan fingerprint density at radius 1 is 0.850 bits per heavy atom. The van der Waals surface area contributed by atoms with Gasteiger partial charge in [0.2, 0.25) is 5.91 Å². The minimum absolute atomic E-state index is 0.231. The molecule has 0 spiro atoms. The van der Waals surface area contributed by atoms with Crippen molar-refractivity contribution in [3.05, 3.63) is 0 Å². The fourth-order valence-electron chi connectivity index (χ4n) is 2.35. The van der Waals surface area contributed by atoms with E-state index in [-0.39, 0.29) is 5.91 Å². The van der Waals surface area contributed by atoms with Crippen molar-refractivity contribution in [1.29, 1.82) is 0 Å². The van der Waals surface area contributed by atoms with Crippen molar-refractivity contribution in [1.82, 2.24) is 5.32 Å². The smallest absolute Gasteiger partial charge is 0.220 e. The molecular formula is C18H37NO. The molecule has 0 bridgehead atoms. The Balaban J connectivity index is 3.11. The Bertz CT molecular complexity index is 213. The van der Waals surface area contributed by atoms with Gasteiger partial charge in [-0.2, -0.15) is 0 Å². The molecule has 0 heterocycles. The summed E-state index contributed by atoms with van der Waals surface area (Å²) in [6.45, 7) is 7.46. The predicted octanol–water partition coefficient (Wildman–Crippen LogP) is 5.46. The molecule has 0 aliphatic carbocycles. The van der Waals surface area contributed by atoms with Crippen LogP contribution in [-0.4, -0.2) is 12.5 Å². The van der Waals surface area contributed by atoms with Crippen LogP contribution in [0.1, 0.15) is 97.8 Å². The van der Waals surface area contributed by atoms with Crippen molar-refractivity contribution in [3.8, 4) is 0 Å². The molecule has 0 saturated carbocycles. The van der Waals surface area contributed by atoms with E-state index in [4.69, 9.17) is 0 Å². The number of carbonyl (C=O) groups excluding carboxylic acids is 1. The van der Waals surface area contributed by atoms with Crippen LogP contribution in [0.4, 0.5) is 0 Å². The highest BCUT2D eigenvalue weighted by Gasteiger charge is 2.02. The normalized spacial score (nSPS) is 11.0. The molecular weight excluding hydrogens is 246 g/mol. The molecule has 0 unspecified atom stereocenters. The molecule has 20 heavy (non-hydrogen) atoms. The number of rotatable bonds is 14. The monoisotopic (exact) mass is 283 g/mol. The summed E-state index contributed by atoms with van der Waals surface area (Å²) in [5, 5.41) is 3.02. The van der Waals surface area contributed by atoms with Crippen molar-refractivity contribution >= 4 is 5.91 Å². The zero-order valence-corrected chi connectivity index (χ0v) is 14.2. The van der Waals surface area contributed by atoms with Gasteiger partial charge in [0.15, 0.2) is 0 Å². The lowest BCUT2D eigenvalue weighted by molar-refractivity contribution is -0.121. The maximum absolute atomic E-state index is 11.5. The molecule has 0 atom stereocenters. The first-order chi connectivity index (χ1) is 9.66. The maximum Gasteiger partial charge on any atom is 0.220 e. The first-order valence-electron chi connectivity index (χ1n) is 8.93. The van der Waals surface area contributed by atoms with Gasteiger partial charge in [-0.25, -0.2) is 0 Å². The summed E-state index contributed by atoms with van der Waals surface area (Å²) in [5.74, 6) is 0.854. The Morgan fingerprint density at radius 3 is 1.85 bits per heavy atom. The second kappa shape index (κ2) is 14.9. The highest BCUT2D eigenvalue weighted by Crippen LogP contribution is 2.10. The van der Waals surface area contributed by atoms with Gasteiger partial charge in [0, 0.05) is 13.0 Å². The second-order valence-corrected chi connectivity index (χ2v) is 6.46. The second-order valence-electron chi connectivity index (χ2n) is 6.46. The fourth-order valence-corrected chi connectivity index (χ4v) is 2.35. The van der Waals surface area contributed by atoms with E-state index >= 15 is 0 Å². The van der Waals surface area contributed by atoms with Crippen molar-refractivity contribution in [2.75, 3.05) is 6.54 Å². The number of unbranched alkanes of at least 4 members (excludes halogenated alkanes) is 9. The minimum atomic E-state index is 0.231. The van der Waals surface area contributed by atoms with Gasteiger partial charge in [0.05, 0.1) is 0 Å². The van der Waals surface area contributed by atoms with Crippen LogP contribution in [0.15, 0.2) is 0 Å². The molecule has 0 rings (SSSR count). The highest BCUT2D eigenvalue weighted by atomic mass is 16.1. The minimum Gasteiger partial charge on any atom is -0.356 e. The van der Waals surface area contributed by atoms with E-state index in [0.717, 1.165) is 19.4 Å². The van der Waals surface area contributed by atoms with E-state index in [9.17, 15) is 4.79 Å². The molecule has 1 N–H and O–H groups in total. The SMILES string of the molecule is CCCCCCCCCCCCNC(=O)CCC(C)C. The van der Waals surface area contributed by atoms with Crippen molar-refractivity contribution in [3.63, 3.8) is 0 Å². The molecule has 0 aromatic heterocycles. The summed E-state index contributed by atoms with van der Waals surface area (Å²) in [6, 6.07) is 0. The average Bonchev–Trinajstić information content (AvgIpc) is 2.42. The number of amides is 1. The molecule has 0 saturated heterocycles. The van der Waals surface area contributed by atoms with Gasteiger partial charge in [-0.05, 0) is 18.8 Å². The van der Waals surface area contributed by atoms with E-state index in [1.807, 2.05) is 0 Å². The van der Waals surface area contributed by atoms with Crippen molar-refractivity contribution in [2.24, 2.45) is 5.92 Å². The number of nitrogens with one attached hydrogen (secondary N) is 1.